The van der Waals surface area contributed by atoms with Gasteiger partial charge in [-0.3, -0.25) is 0 Å². The Kier molecular flexibility index (Phi) is 3.62. The number of rotatable bonds is 2. The fourth-order valence-corrected chi connectivity index (χ4v) is 4.58. The van der Waals surface area contributed by atoms with Crippen LogP contribution in [0.25, 0.3) is 0 Å². The third kappa shape index (κ3) is 2.92. The molecule has 0 aromatic heterocycles. The van der Waals surface area contributed by atoms with E-state index in [0.29, 0.717) is 0 Å². The van der Waals surface area contributed by atoms with Crippen molar-refractivity contribution in [1.29, 1.82) is 0 Å². The Balaban J connectivity index is 2.36. The molecular formula is C14H21NO3S. The highest BCUT2D eigenvalue weighted by molar-refractivity contribution is 7.92. The minimum absolute atomic E-state index is 0.174. The molecule has 1 aromatic rings. The molecule has 106 valence electrons. The van der Waals surface area contributed by atoms with E-state index in [1.54, 1.807) is 14.0 Å². The van der Waals surface area contributed by atoms with Crippen molar-refractivity contribution >= 4 is 9.84 Å². The molecule has 1 aliphatic rings. The summed E-state index contributed by atoms with van der Waals surface area (Å²) in [5.41, 5.74) is 0.570. The molecule has 2 atom stereocenters. The van der Waals surface area contributed by atoms with E-state index in [1.807, 2.05) is 38.1 Å². The van der Waals surface area contributed by atoms with Crippen molar-refractivity contribution in [3.8, 4) is 5.75 Å². The van der Waals surface area contributed by atoms with E-state index in [4.69, 9.17) is 4.74 Å². The molecule has 0 radical (unpaired) electrons. The van der Waals surface area contributed by atoms with Crippen LogP contribution < -0.4 is 10.1 Å². The lowest BCUT2D eigenvalue weighted by atomic mass is 9.98. The van der Waals surface area contributed by atoms with Gasteiger partial charge in [-0.25, -0.2) is 8.42 Å². The van der Waals surface area contributed by atoms with Gasteiger partial charge in [-0.1, -0.05) is 12.1 Å². The largest absolute Gasteiger partial charge is 0.497 e. The lowest BCUT2D eigenvalue weighted by Gasteiger charge is -2.40. The number of benzene rings is 1. The van der Waals surface area contributed by atoms with Crippen LogP contribution in [0.5, 0.6) is 5.75 Å². The van der Waals surface area contributed by atoms with Crippen LogP contribution in [-0.2, 0) is 9.84 Å². The first-order valence-electron chi connectivity index (χ1n) is 6.38. The maximum atomic E-state index is 12.2. The molecule has 5 heteroatoms. The van der Waals surface area contributed by atoms with Crippen LogP contribution in [-0.4, -0.2) is 32.1 Å². The number of hydrogen-bond donors (Lipinski definition) is 1. The lowest BCUT2D eigenvalue weighted by molar-refractivity contribution is 0.334. The minimum atomic E-state index is -3.08. The molecule has 1 heterocycles. The van der Waals surface area contributed by atoms with Gasteiger partial charge in [-0.15, -0.1) is 0 Å². The molecule has 2 rings (SSSR count). The number of hydrogen-bond acceptors (Lipinski definition) is 4. The van der Waals surface area contributed by atoms with E-state index in [0.717, 1.165) is 11.3 Å². The van der Waals surface area contributed by atoms with Gasteiger partial charge < -0.3 is 10.1 Å². The van der Waals surface area contributed by atoms with E-state index < -0.39 is 20.6 Å². The standard InChI is InChI=1S/C14H21NO3S/c1-10-13(11-5-7-12(18-4)8-6-11)15-14(2,3)9-19(10,16)17/h5-8,10,13,15H,9H2,1-4H3. The minimum Gasteiger partial charge on any atom is -0.497 e. The predicted molar refractivity (Wildman–Crippen MR) is 76.2 cm³/mol. The molecule has 1 aromatic carbocycles. The second-order valence-corrected chi connectivity index (χ2v) is 8.15. The van der Waals surface area contributed by atoms with Crippen molar-refractivity contribution in [2.75, 3.05) is 12.9 Å². The van der Waals surface area contributed by atoms with E-state index in [1.165, 1.54) is 0 Å². The normalized spacial score (nSPS) is 28.8. The molecule has 1 fully saturated rings. The SMILES string of the molecule is COc1ccc(C2NC(C)(C)CS(=O)(=O)C2C)cc1. The van der Waals surface area contributed by atoms with Crippen LogP contribution in [0.4, 0.5) is 0 Å². The third-order valence-corrected chi connectivity index (χ3v) is 6.15. The van der Waals surface area contributed by atoms with Crippen molar-refractivity contribution in [3.05, 3.63) is 29.8 Å². The maximum absolute atomic E-state index is 12.2. The number of sulfone groups is 1. The molecule has 0 aliphatic carbocycles. The molecule has 4 nitrogen and oxygen atoms in total. The summed E-state index contributed by atoms with van der Waals surface area (Å²) >= 11 is 0. The molecule has 0 bridgehead atoms. The summed E-state index contributed by atoms with van der Waals surface area (Å²) in [4.78, 5) is 0. The van der Waals surface area contributed by atoms with Gasteiger partial charge in [0.2, 0.25) is 0 Å². The Hall–Kier alpha value is -1.07. The summed E-state index contributed by atoms with van der Waals surface area (Å²) < 4.78 is 29.6. The number of nitrogens with one attached hydrogen (secondary N) is 1. The van der Waals surface area contributed by atoms with E-state index in [9.17, 15) is 8.42 Å². The van der Waals surface area contributed by atoms with Gasteiger partial charge >= 0.3 is 0 Å². The van der Waals surface area contributed by atoms with Crippen molar-refractivity contribution in [3.63, 3.8) is 0 Å². The monoisotopic (exact) mass is 283 g/mol. The zero-order valence-electron chi connectivity index (χ0n) is 11.8. The zero-order chi connectivity index (χ0) is 14.3. The summed E-state index contributed by atoms with van der Waals surface area (Å²) in [6.45, 7) is 5.62. The maximum Gasteiger partial charge on any atom is 0.156 e. The van der Waals surface area contributed by atoms with E-state index in [2.05, 4.69) is 5.32 Å². The fraction of sp³-hybridized carbons (Fsp3) is 0.571. The highest BCUT2D eigenvalue weighted by Crippen LogP contribution is 2.32. The molecule has 1 aliphatic heterocycles. The summed E-state index contributed by atoms with van der Waals surface area (Å²) in [5.74, 6) is 0.947. The average Bonchev–Trinajstić information content (AvgIpc) is 2.33. The van der Waals surface area contributed by atoms with Crippen LogP contribution in [0.3, 0.4) is 0 Å². The molecule has 0 saturated carbocycles. The lowest BCUT2D eigenvalue weighted by Crippen LogP contribution is -2.57. The first kappa shape index (κ1) is 14.3. The number of ether oxygens (including phenoxy) is 1. The second-order valence-electron chi connectivity index (χ2n) is 5.79. The summed E-state index contributed by atoms with van der Waals surface area (Å²) in [5, 5.41) is 3.01. The number of methoxy groups -OCH3 is 1. The smallest absolute Gasteiger partial charge is 0.156 e. The molecule has 0 spiro atoms. The van der Waals surface area contributed by atoms with Crippen molar-refractivity contribution in [2.24, 2.45) is 0 Å². The Morgan fingerprint density at radius 2 is 1.84 bits per heavy atom. The van der Waals surface area contributed by atoms with Crippen LogP contribution in [0, 0.1) is 0 Å². The quantitative estimate of drug-likeness (QED) is 0.901. The topological polar surface area (TPSA) is 55.4 Å². The highest BCUT2D eigenvalue weighted by Gasteiger charge is 2.42. The molecular weight excluding hydrogens is 262 g/mol. The van der Waals surface area contributed by atoms with Gasteiger partial charge in [0.05, 0.1) is 18.1 Å². The van der Waals surface area contributed by atoms with Crippen LogP contribution >= 0.6 is 0 Å². The van der Waals surface area contributed by atoms with Gasteiger partial charge in [0, 0.05) is 11.6 Å². The third-order valence-electron chi connectivity index (χ3n) is 3.62. The van der Waals surface area contributed by atoms with E-state index >= 15 is 0 Å². The van der Waals surface area contributed by atoms with Crippen LogP contribution in [0.1, 0.15) is 32.4 Å². The summed E-state index contributed by atoms with van der Waals surface area (Å²) in [7, 11) is -1.46. The Bertz CT molecular complexity index is 549. The van der Waals surface area contributed by atoms with Crippen molar-refractivity contribution < 1.29 is 13.2 Å². The summed E-state index contributed by atoms with van der Waals surface area (Å²) in [6, 6.07) is 7.38. The summed E-state index contributed by atoms with van der Waals surface area (Å²) in [6.07, 6.45) is 0. The van der Waals surface area contributed by atoms with Crippen molar-refractivity contribution in [1.82, 2.24) is 5.32 Å². The van der Waals surface area contributed by atoms with Crippen LogP contribution in [0.2, 0.25) is 0 Å². The second kappa shape index (κ2) is 4.80. The molecule has 0 amide bonds. The Morgan fingerprint density at radius 3 is 2.37 bits per heavy atom. The zero-order valence-corrected chi connectivity index (χ0v) is 12.6. The molecule has 1 N–H and O–H groups in total. The first-order chi connectivity index (χ1) is 8.75. The van der Waals surface area contributed by atoms with Gasteiger partial charge in [0.25, 0.3) is 0 Å². The average molecular weight is 283 g/mol. The van der Waals surface area contributed by atoms with Gasteiger partial charge in [-0.2, -0.15) is 0 Å². The fourth-order valence-electron chi connectivity index (χ4n) is 2.59. The highest BCUT2D eigenvalue weighted by atomic mass is 32.2. The molecule has 19 heavy (non-hydrogen) atoms. The van der Waals surface area contributed by atoms with Gasteiger partial charge in [0.1, 0.15) is 5.75 Å². The van der Waals surface area contributed by atoms with Gasteiger partial charge in [-0.05, 0) is 38.5 Å². The van der Waals surface area contributed by atoms with Crippen molar-refractivity contribution in [2.45, 2.75) is 37.6 Å². The van der Waals surface area contributed by atoms with E-state index in [-0.39, 0.29) is 11.8 Å². The van der Waals surface area contributed by atoms with Crippen LogP contribution in [0.15, 0.2) is 24.3 Å². The predicted octanol–water partition coefficient (Wildman–Crippen LogP) is 1.92. The Morgan fingerprint density at radius 1 is 1.26 bits per heavy atom. The first-order valence-corrected chi connectivity index (χ1v) is 8.10. The molecule has 1 saturated heterocycles. The van der Waals surface area contributed by atoms with Gasteiger partial charge in [0.15, 0.2) is 9.84 Å². The molecule has 2 unspecified atom stereocenters. The Labute approximate surface area is 115 Å².